The standard InChI is InChI=1S/C14H28N2O/c1-3-10-16(11-4-1)12-9-15-8-7-14-6-2-5-13-17-14/h14-15H,1-13H2. The fourth-order valence-corrected chi connectivity index (χ4v) is 2.84. The molecule has 0 bridgehead atoms. The fourth-order valence-electron chi connectivity index (χ4n) is 2.84. The van der Waals surface area contributed by atoms with Crippen molar-refractivity contribution < 1.29 is 4.74 Å². The minimum absolute atomic E-state index is 0.534. The summed E-state index contributed by atoms with van der Waals surface area (Å²) in [6.45, 7) is 7.11. The van der Waals surface area contributed by atoms with Gasteiger partial charge in [0.2, 0.25) is 0 Å². The molecule has 2 rings (SSSR count). The average Bonchev–Trinajstić information content (AvgIpc) is 2.41. The second kappa shape index (κ2) is 8.06. The van der Waals surface area contributed by atoms with Crippen molar-refractivity contribution in [2.24, 2.45) is 0 Å². The van der Waals surface area contributed by atoms with Crippen LogP contribution in [0, 0.1) is 0 Å². The van der Waals surface area contributed by atoms with Crippen molar-refractivity contribution in [3.63, 3.8) is 0 Å². The normalized spacial score (nSPS) is 27.2. The van der Waals surface area contributed by atoms with Crippen LogP contribution < -0.4 is 5.32 Å². The first-order chi connectivity index (χ1) is 8.45. The van der Waals surface area contributed by atoms with Crippen LogP contribution in [-0.4, -0.2) is 50.3 Å². The lowest BCUT2D eigenvalue weighted by molar-refractivity contribution is 0.0115. The molecule has 1 unspecified atom stereocenters. The predicted molar refractivity (Wildman–Crippen MR) is 71.4 cm³/mol. The van der Waals surface area contributed by atoms with Gasteiger partial charge >= 0.3 is 0 Å². The summed E-state index contributed by atoms with van der Waals surface area (Å²) in [6, 6.07) is 0. The van der Waals surface area contributed by atoms with Gasteiger partial charge in [0.1, 0.15) is 0 Å². The molecule has 17 heavy (non-hydrogen) atoms. The number of hydrogen-bond acceptors (Lipinski definition) is 3. The van der Waals surface area contributed by atoms with Crippen molar-refractivity contribution >= 4 is 0 Å². The summed E-state index contributed by atoms with van der Waals surface area (Å²) in [5.74, 6) is 0. The van der Waals surface area contributed by atoms with Crippen LogP contribution in [0.25, 0.3) is 0 Å². The molecule has 1 N–H and O–H groups in total. The van der Waals surface area contributed by atoms with E-state index in [4.69, 9.17) is 4.74 Å². The molecule has 1 atom stereocenters. The molecule has 2 fully saturated rings. The maximum atomic E-state index is 5.72. The molecule has 0 aromatic heterocycles. The Hall–Kier alpha value is -0.120. The van der Waals surface area contributed by atoms with Gasteiger partial charge in [-0.2, -0.15) is 0 Å². The van der Waals surface area contributed by atoms with Crippen molar-refractivity contribution in [3.05, 3.63) is 0 Å². The predicted octanol–water partition coefficient (Wildman–Crippen LogP) is 2.02. The topological polar surface area (TPSA) is 24.5 Å². The summed E-state index contributed by atoms with van der Waals surface area (Å²) in [6.07, 6.45) is 9.85. The Morgan fingerprint density at radius 3 is 2.65 bits per heavy atom. The van der Waals surface area contributed by atoms with E-state index in [2.05, 4.69) is 10.2 Å². The third kappa shape index (κ3) is 5.36. The highest BCUT2D eigenvalue weighted by Gasteiger charge is 2.13. The fraction of sp³-hybridized carbons (Fsp3) is 1.00. The molecular weight excluding hydrogens is 212 g/mol. The summed E-state index contributed by atoms with van der Waals surface area (Å²) in [5, 5.41) is 3.56. The lowest BCUT2D eigenvalue weighted by atomic mass is 10.1. The van der Waals surface area contributed by atoms with Crippen molar-refractivity contribution in [1.29, 1.82) is 0 Å². The SMILES string of the molecule is C1CCN(CCNCCC2CCCCO2)CC1. The number of nitrogens with one attached hydrogen (secondary N) is 1. The van der Waals surface area contributed by atoms with Gasteiger partial charge in [0, 0.05) is 19.7 Å². The number of nitrogens with zero attached hydrogens (tertiary/aromatic N) is 1. The zero-order valence-electron chi connectivity index (χ0n) is 11.1. The van der Waals surface area contributed by atoms with E-state index < -0.39 is 0 Å². The molecule has 0 aromatic rings. The zero-order valence-corrected chi connectivity index (χ0v) is 11.1. The van der Waals surface area contributed by atoms with Gasteiger partial charge in [0.05, 0.1) is 6.10 Å². The molecule has 2 heterocycles. The number of rotatable bonds is 6. The summed E-state index contributed by atoms with van der Waals surface area (Å²) in [7, 11) is 0. The molecule has 2 aliphatic rings. The monoisotopic (exact) mass is 240 g/mol. The molecule has 3 nitrogen and oxygen atoms in total. The summed E-state index contributed by atoms with van der Waals surface area (Å²) < 4.78 is 5.72. The molecule has 100 valence electrons. The van der Waals surface area contributed by atoms with Crippen LogP contribution in [0.3, 0.4) is 0 Å². The van der Waals surface area contributed by atoms with Crippen LogP contribution >= 0.6 is 0 Å². The molecule has 0 amide bonds. The van der Waals surface area contributed by atoms with Gasteiger partial charge in [-0.1, -0.05) is 6.42 Å². The van der Waals surface area contributed by atoms with E-state index in [1.807, 2.05) is 0 Å². The van der Waals surface area contributed by atoms with Gasteiger partial charge in [-0.05, 0) is 58.2 Å². The first-order valence-corrected chi connectivity index (χ1v) is 7.50. The van der Waals surface area contributed by atoms with Gasteiger partial charge in [-0.25, -0.2) is 0 Å². The van der Waals surface area contributed by atoms with Crippen LogP contribution in [0.15, 0.2) is 0 Å². The summed E-state index contributed by atoms with van der Waals surface area (Å²) in [5.41, 5.74) is 0. The molecular formula is C14H28N2O. The molecule has 0 aromatic carbocycles. The third-order valence-corrected chi connectivity index (χ3v) is 3.97. The van der Waals surface area contributed by atoms with E-state index in [1.54, 1.807) is 0 Å². The molecule has 3 heteroatoms. The maximum absolute atomic E-state index is 5.72. The second-order valence-corrected chi connectivity index (χ2v) is 5.43. The van der Waals surface area contributed by atoms with E-state index in [0.717, 1.165) is 19.7 Å². The summed E-state index contributed by atoms with van der Waals surface area (Å²) >= 11 is 0. The van der Waals surface area contributed by atoms with Crippen LogP contribution in [0.1, 0.15) is 44.9 Å². The highest BCUT2D eigenvalue weighted by Crippen LogP contribution is 2.14. The Kier molecular flexibility index (Phi) is 6.32. The minimum Gasteiger partial charge on any atom is -0.378 e. The highest BCUT2D eigenvalue weighted by molar-refractivity contribution is 4.67. The molecule has 0 spiro atoms. The molecule has 0 saturated carbocycles. The van der Waals surface area contributed by atoms with Gasteiger partial charge in [-0.3, -0.25) is 0 Å². The smallest absolute Gasteiger partial charge is 0.0587 e. The zero-order chi connectivity index (χ0) is 11.8. The van der Waals surface area contributed by atoms with Gasteiger partial charge in [0.25, 0.3) is 0 Å². The van der Waals surface area contributed by atoms with Crippen molar-refractivity contribution in [1.82, 2.24) is 10.2 Å². The van der Waals surface area contributed by atoms with E-state index in [-0.39, 0.29) is 0 Å². The quantitative estimate of drug-likeness (QED) is 0.719. The molecule has 2 aliphatic heterocycles. The average molecular weight is 240 g/mol. The van der Waals surface area contributed by atoms with E-state index in [0.29, 0.717) is 6.10 Å². The van der Waals surface area contributed by atoms with Crippen LogP contribution in [-0.2, 0) is 4.74 Å². The molecule has 0 aliphatic carbocycles. The lowest BCUT2D eigenvalue weighted by Crippen LogP contribution is -2.36. The van der Waals surface area contributed by atoms with E-state index in [9.17, 15) is 0 Å². The largest absolute Gasteiger partial charge is 0.378 e. The van der Waals surface area contributed by atoms with Crippen LogP contribution in [0.5, 0.6) is 0 Å². The molecule has 0 radical (unpaired) electrons. The number of hydrogen-bond donors (Lipinski definition) is 1. The Labute approximate surface area is 106 Å². The lowest BCUT2D eigenvalue weighted by Gasteiger charge is -2.26. The second-order valence-electron chi connectivity index (χ2n) is 5.43. The Bertz CT molecular complexity index is 167. The Balaban J connectivity index is 1.42. The van der Waals surface area contributed by atoms with Gasteiger partial charge in [0.15, 0.2) is 0 Å². The maximum Gasteiger partial charge on any atom is 0.0587 e. The number of likely N-dealkylation sites (tertiary alicyclic amines) is 1. The number of ether oxygens (including phenoxy) is 1. The van der Waals surface area contributed by atoms with Gasteiger partial charge < -0.3 is 15.0 Å². The van der Waals surface area contributed by atoms with Crippen LogP contribution in [0.4, 0.5) is 0 Å². The summed E-state index contributed by atoms with van der Waals surface area (Å²) in [4.78, 5) is 2.59. The van der Waals surface area contributed by atoms with Gasteiger partial charge in [-0.15, -0.1) is 0 Å². The first-order valence-electron chi connectivity index (χ1n) is 7.50. The highest BCUT2D eigenvalue weighted by atomic mass is 16.5. The first kappa shape index (κ1) is 13.3. The van der Waals surface area contributed by atoms with Crippen molar-refractivity contribution in [2.45, 2.75) is 51.0 Å². The van der Waals surface area contributed by atoms with Crippen LogP contribution in [0.2, 0.25) is 0 Å². The molecule has 2 saturated heterocycles. The van der Waals surface area contributed by atoms with E-state index in [1.165, 1.54) is 64.6 Å². The van der Waals surface area contributed by atoms with Crippen molar-refractivity contribution in [2.75, 3.05) is 39.3 Å². The number of piperidine rings is 1. The Morgan fingerprint density at radius 1 is 1.00 bits per heavy atom. The minimum atomic E-state index is 0.534. The third-order valence-electron chi connectivity index (χ3n) is 3.97. The van der Waals surface area contributed by atoms with Crippen molar-refractivity contribution in [3.8, 4) is 0 Å². The Morgan fingerprint density at radius 2 is 1.88 bits per heavy atom. The van der Waals surface area contributed by atoms with E-state index >= 15 is 0 Å².